The molecule has 0 radical (unpaired) electrons. The van der Waals surface area contributed by atoms with Crippen molar-refractivity contribution in [2.75, 3.05) is 30.5 Å². The van der Waals surface area contributed by atoms with Gasteiger partial charge in [0.25, 0.3) is 0 Å². The molecule has 2 atom stereocenters. The molecule has 1 heterocycles. The van der Waals surface area contributed by atoms with Crippen molar-refractivity contribution in [1.29, 1.82) is 0 Å². The number of aromatic nitrogens is 1. The number of hydrogen-bond donors (Lipinski definition) is 1. The van der Waals surface area contributed by atoms with Gasteiger partial charge in [-0.05, 0) is 50.3 Å². The smallest absolute Gasteiger partial charge is 0.128 e. The minimum atomic E-state index is 0.380. The molecule has 0 aliphatic rings. The Morgan fingerprint density at radius 2 is 2.15 bits per heavy atom. The van der Waals surface area contributed by atoms with Crippen LogP contribution in [-0.4, -0.2) is 36.6 Å². The van der Waals surface area contributed by atoms with Gasteiger partial charge in [-0.3, -0.25) is 0 Å². The maximum atomic E-state index is 4.54. The number of thioether (sulfide) groups is 1. The fourth-order valence-corrected chi connectivity index (χ4v) is 3.10. The average molecular weight is 295 g/mol. The predicted octanol–water partition coefficient (Wildman–Crippen LogP) is 3.72. The van der Waals surface area contributed by atoms with Crippen LogP contribution in [-0.2, 0) is 0 Å². The van der Waals surface area contributed by atoms with Gasteiger partial charge < -0.3 is 10.2 Å². The Morgan fingerprint density at radius 3 is 2.75 bits per heavy atom. The van der Waals surface area contributed by atoms with Crippen LogP contribution in [0.15, 0.2) is 18.3 Å². The molecule has 0 aromatic carbocycles. The van der Waals surface area contributed by atoms with Crippen molar-refractivity contribution >= 4 is 17.6 Å². The summed E-state index contributed by atoms with van der Waals surface area (Å²) in [6.45, 7) is 7.71. The standard InChI is InChI=1S/C16H29N3S/c1-6-9-17-13(3)14-8-10-18-16(11-14)19(4)15(7-2)12-20-5/h8,10-11,13,15,17H,6-7,9,12H2,1-5H3. The maximum absolute atomic E-state index is 4.54. The lowest BCUT2D eigenvalue weighted by molar-refractivity contribution is 0.569. The molecule has 0 spiro atoms. The minimum Gasteiger partial charge on any atom is -0.356 e. The number of nitrogens with one attached hydrogen (secondary N) is 1. The first-order valence-corrected chi connectivity index (χ1v) is 8.94. The van der Waals surface area contributed by atoms with Crippen molar-refractivity contribution in [3.8, 4) is 0 Å². The summed E-state index contributed by atoms with van der Waals surface area (Å²) in [5.41, 5.74) is 1.31. The van der Waals surface area contributed by atoms with E-state index in [-0.39, 0.29) is 0 Å². The number of anilines is 1. The van der Waals surface area contributed by atoms with E-state index in [9.17, 15) is 0 Å². The minimum absolute atomic E-state index is 0.380. The van der Waals surface area contributed by atoms with Crippen molar-refractivity contribution < 1.29 is 0 Å². The molecule has 0 aliphatic heterocycles. The van der Waals surface area contributed by atoms with Gasteiger partial charge in [-0.2, -0.15) is 11.8 Å². The van der Waals surface area contributed by atoms with E-state index < -0.39 is 0 Å². The highest BCUT2D eigenvalue weighted by Crippen LogP contribution is 2.20. The third kappa shape index (κ3) is 4.98. The number of rotatable bonds is 9. The van der Waals surface area contributed by atoms with Crippen LogP contribution in [0.25, 0.3) is 0 Å². The lowest BCUT2D eigenvalue weighted by Crippen LogP contribution is -2.34. The average Bonchev–Trinajstić information content (AvgIpc) is 2.49. The molecular weight excluding hydrogens is 266 g/mol. The predicted molar refractivity (Wildman–Crippen MR) is 91.8 cm³/mol. The monoisotopic (exact) mass is 295 g/mol. The molecule has 20 heavy (non-hydrogen) atoms. The lowest BCUT2D eigenvalue weighted by atomic mass is 10.1. The van der Waals surface area contributed by atoms with E-state index in [1.165, 1.54) is 5.56 Å². The van der Waals surface area contributed by atoms with Crippen LogP contribution in [0.4, 0.5) is 5.82 Å². The molecule has 0 aliphatic carbocycles. The highest BCUT2D eigenvalue weighted by atomic mass is 32.2. The molecule has 0 amide bonds. The van der Waals surface area contributed by atoms with Crippen LogP contribution in [0.5, 0.6) is 0 Å². The van der Waals surface area contributed by atoms with Crippen molar-refractivity contribution in [1.82, 2.24) is 10.3 Å². The van der Waals surface area contributed by atoms with Gasteiger partial charge in [-0.1, -0.05) is 13.8 Å². The lowest BCUT2D eigenvalue weighted by Gasteiger charge is -2.28. The first-order valence-electron chi connectivity index (χ1n) is 7.55. The van der Waals surface area contributed by atoms with Crippen LogP contribution >= 0.6 is 11.8 Å². The molecule has 114 valence electrons. The zero-order valence-corrected chi connectivity index (χ0v) is 14.3. The molecule has 1 aromatic rings. The van der Waals surface area contributed by atoms with Gasteiger partial charge in [0.1, 0.15) is 5.82 Å². The molecule has 2 unspecified atom stereocenters. The van der Waals surface area contributed by atoms with Crippen molar-refractivity contribution in [2.24, 2.45) is 0 Å². The Labute approximate surface area is 128 Å². The molecule has 0 saturated heterocycles. The van der Waals surface area contributed by atoms with Crippen molar-refractivity contribution in [3.63, 3.8) is 0 Å². The van der Waals surface area contributed by atoms with Crippen molar-refractivity contribution in [3.05, 3.63) is 23.9 Å². The highest BCUT2D eigenvalue weighted by molar-refractivity contribution is 7.98. The number of nitrogens with zero attached hydrogens (tertiary/aromatic N) is 2. The second kappa shape index (κ2) is 9.24. The molecule has 1 N–H and O–H groups in total. The molecule has 0 saturated carbocycles. The molecular formula is C16H29N3S. The second-order valence-corrected chi connectivity index (χ2v) is 6.16. The van der Waals surface area contributed by atoms with Gasteiger partial charge in [0.15, 0.2) is 0 Å². The summed E-state index contributed by atoms with van der Waals surface area (Å²) >= 11 is 1.90. The number of hydrogen-bond acceptors (Lipinski definition) is 4. The fourth-order valence-electron chi connectivity index (χ4n) is 2.26. The van der Waals surface area contributed by atoms with E-state index in [1.807, 2.05) is 18.0 Å². The van der Waals surface area contributed by atoms with Gasteiger partial charge in [-0.25, -0.2) is 4.98 Å². The van der Waals surface area contributed by atoms with Gasteiger partial charge in [0.2, 0.25) is 0 Å². The molecule has 0 bridgehead atoms. The zero-order valence-electron chi connectivity index (χ0n) is 13.5. The van der Waals surface area contributed by atoms with E-state index in [0.717, 1.165) is 31.0 Å². The summed E-state index contributed by atoms with van der Waals surface area (Å²) in [5, 5.41) is 3.53. The van der Waals surface area contributed by atoms with Crippen molar-refractivity contribution in [2.45, 2.75) is 45.7 Å². The van der Waals surface area contributed by atoms with E-state index >= 15 is 0 Å². The number of pyridine rings is 1. The summed E-state index contributed by atoms with van der Waals surface area (Å²) in [6, 6.07) is 5.26. The molecule has 4 heteroatoms. The summed E-state index contributed by atoms with van der Waals surface area (Å²) in [4.78, 5) is 6.85. The SMILES string of the molecule is CCCNC(C)c1ccnc(N(C)C(CC)CSC)c1. The van der Waals surface area contributed by atoms with Crippen LogP contribution in [0.1, 0.15) is 45.2 Å². The van der Waals surface area contributed by atoms with E-state index in [2.05, 4.69) is 61.4 Å². The van der Waals surface area contributed by atoms with E-state index in [4.69, 9.17) is 0 Å². The Bertz CT molecular complexity index is 384. The normalized spacial score (nSPS) is 14.1. The third-order valence-corrected chi connectivity index (χ3v) is 4.43. The van der Waals surface area contributed by atoms with Crippen LogP contribution in [0.3, 0.4) is 0 Å². The topological polar surface area (TPSA) is 28.2 Å². The quantitative estimate of drug-likeness (QED) is 0.751. The Hall–Kier alpha value is -0.740. The van der Waals surface area contributed by atoms with Crippen LogP contribution in [0, 0.1) is 0 Å². The van der Waals surface area contributed by atoms with Crippen LogP contribution in [0.2, 0.25) is 0 Å². The van der Waals surface area contributed by atoms with Gasteiger partial charge >= 0.3 is 0 Å². The van der Waals surface area contributed by atoms with Gasteiger partial charge in [0.05, 0.1) is 0 Å². The second-order valence-electron chi connectivity index (χ2n) is 5.25. The Morgan fingerprint density at radius 1 is 1.40 bits per heavy atom. The summed E-state index contributed by atoms with van der Waals surface area (Å²) in [7, 11) is 2.15. The van der Waals surface area contributed by atoms with Crippen LogP contribution < -0.4 is 10.2 Å². The zero-order chi connectivity index (χ0) is 15.0. The summed E-state index contributed by atoms with van der Waals surface area (Å²) < 4.78 is 0. The largest absolute Gasteiger partial charge is 0.356 e. The fraction of sp³-hybridized carbons (Fsp3) is 0.688. The summed E-state index contributed by atoms with van der Waals surface area (Å²) in [5.74, 6) is 2.22. The van der Waals surface area contributed by atoms with Gasteiger partial charge in [0, 0.05) is 31.1 Å². The maximum Gasteiger partial charge on any atom is 0.128 e. The molecule has 3 nitrogen and oxygen atoms in total. The van der Waals surface area contributed by atoms with E-state index in [1.54, 1.807) is 0 Å². The molecule has 0 fully saturated rings. The highest BCUT2D eigenvalue weighted by Gasteiger charge is 2.15. The Kier molecular flexibility index (Phi) is 8.00. The van der Waals surface area contributed by atoms with Gasteiger partial charge in [-0.15, -0.1) is 0 Å². The first kappa shape index (κ1) is 17.3. The molecule has 1 aromatic heterocycles. The Balaban J connectivity index is 2.80. The third-order valence-electron chi connectivity index (χ3n) is 3.71. The van der Waals surface area contributed by atoms with E-state index in [0.29, 0.717) is 12.1 Å². The summed E-state index contributed by atoms with van der Waals surface area (Å²) in [6.07, 6.45) is 6.40. The first-order chi connectivity index (χ1) is 9.63. The molecule has 1 rings (SSSR count).